The van der Waals surface area contributed by atoms with Crippen LogP contribution in [0.2, 0.25) is 0 Å². The summed E-state index contributed by atoms with van der Waals surface area (Å²) in [4.78, 5) is 37.1. The molecule has 1 atom stereocenters. The minimum absolute atomic E-state index is 0.435. The maximum atomic E-state index is 12.4. The van der Waals surface area contributed by atoms with Crippen LogP contribution in [0.4, 0.5) is 4.79 Å². The molecule has 0 aromatic rings. The summed E-state index contributed by atoms with van der Waals surface area (Å²) in [6.07, 6.45) is 4.66. The van der Waals surface area contributed by atoms with Gasteiger partial charge in [0.15, 0.2) is 0 Å². The van der Waals surface area contributed by atoms with Gasteiger partial charge >= 0.3 is 18.0 Å². The quantitative estimate of drug-likeness (QED) is 0.761. The van der Waals surface area contributed by atoms with Crippen molar-refractivity contribution in [3.8, 4) is 0 Å². The van der Waals surface area contributed by atoms with Crippen molar-refractivity contribution in [3.05, 3.63) is 0 Å². The number of methoxy groups -OCH3 is 1. The first kappa shape index (κ1) is 15.6. The summed E-state index contributed by atoms with van der Waals surface area (Å²) >= 11 is 0. The van der Waals surface area contributed by atoms with Gasteiger partial charge in [0.2, 0.25) is 0 Å². The summed E-state index contributed by atoms with van der Waals surface area (Å²) in [7, 11) is 1.29. The summed E-state index contributed by atoms with van der Waals surface area (Å²) in [6, 6.07) is -1.09. The Morgan fingerprint density at radius 1 is 1.19 bits per heavy atom. The minimum Gasteiger partial charge on any atom is -0.480 e. The predicted molar refractivity (Wildman–Crippen MR) is 73.7 cm³/mol. The number of rotatable bonds is 3. The first-order valence-corrected chi connectivity index (χ1v) is 7.40. The molecule has 1 saturated carbocycles. The number of likely N-dealkylation sites (tertiary alicyclic amines) is 1. The van der Waals surface area contributed by atoms with Crippen molar-refractivity contribution in [2.45, 2.75) is 56.5 Å². The molecule has 1 heterocycles. The number of ether oxygens (including phenoxy) is 1. The number of hydrogen-bond acceptors (Lipinski definition) is 4. The van der Waals surface area contributed by atoms with Gasteiger partial charge in [0.05, 0.1) is 7.11 Å². The fourth-order valence-corrected chi connectivity index (χ4v) is 3.20. The number of nitrogens with one attached hydrogen (secondary N) is 1. The predicted octanol–water partition coefficient (Wildman–Crippen LogP) is 1.12. The van der Waals surface area contributed by atoms with Crippen LogP contribution in [0.3, 0.4) is 0 Å². The molecule has 0 aromatic carbocycles. The van der Waals surface area contributed by atoms with Gasteiger partial charge in [-0.3, -0.25) is 0 Å². The Bertz CT molecular complexity index is 431. The van der Waals surface area contributed by atoms with Crippen LogP contribution in [0.1, 0.15) is 44.9 Å². The Hall–Kier alpha value is -1.79. The lowest BCUT2D eigenvalue weighted by Crippen LogP contribution is -2.60. The molecule has 1 aliphatic heterocycles. The Morgan fingerprint density at radius 2 is 1.86 bits per heavy atom. The molecule has 0 bridgehead atoms. The van der Waals surface area contributed by atoms with E-state index in [9.17, 15) is 19.5 Å². The maximum absolute atomic E-state index is 12.4. The summed E-state index contributed by atoms with van der Waals surface area (Å²) in [5.41, 5.74) is -1.19. The molecule has 118 valence electrons. The van der Waals surface area contributed by atoms with E-state index < -0.39 is 29.6 Å². The number of hydrogen-bond donors (Lipinski definition) is 2. The lowest BCUT2D eigenvalue weighted by molar-refractivity contribution is -0.147. The average Bonchev–Trinajstić information content (AvgIpc) is 2.96. The molecule has 2 amide bonds. The molecule has 2 fully saturated rings. The van der Waals surface area contributed by atoms with Crippen molar-refractivity contribution in [1.82, 2.24) is 10.2 Å². The first-order chi connectivity index (χ1) is 10.00. The number of urea groups is 1. The van der Waals surface area contributed by atoms with Crippen LogP contribution in [0.25, 0.3) is 0 Å². The maximum Gasteiger partial charge on any atom is 0.329 e. The van der Waals surface area contributed by atoms with Gasteiger partial charge < -0.3 is 20.1 Å². The fraction of sp³-hybridized carbons (Fsp3) is 0.786. The highest BCUT2D eigenvalue weighted by Crippen LogP contribution is 2.30. The summed E-state index contributed by atoms with van der Waals surface area (Å²) < 4.78 is 4.74. The van der Waals surface area contributed by atoms with E-state index in [1.54, 1.807) is 0 Å². The molecule has 1 saturated heterocycles. The van der Waals surface area contributed by atoms with Crippen molar-refractivity contribution >= 4 is 18.0 Å². The molecule has 2 aliphatic rings. The summed E-state index contributed by atoms with van der Waals surface area (Å²) in [5.74, 6) is -1.44. The van der Waals surface area contributed by atoms with Crippen LogP contribution in [0.5, 0.6) is 0 Å². The number of aliphatic carboxylic acids is 1. The fourth-order valence-electron chi connectivity index (χ4n) is 3.20. The topological polar surface area (TPSA) is 95.9 Å². The van der Waals surface area contributed by atoms with Crippen molar-refractivity contribution in [2.24, 2.45) is 0 Å². The highest BCUT2D eigenvalue weighted by atomic mass is 16.5. The second kappa shape index (κ2) is 6.32. The van der Waals surface area contributed by atoms with Crippen LogP contribution in [0, 0.1) is 0 Å². The van der Waals surface area contributed by atoms with E-state index in [4.69, 9.17) is 4.74 Å². The highest BCUT2D eigenvalue weighted by molar-refractivity contribution is 5.89. The zero-order valence-corrected chi connectivity index (χ0v) is 12.3. The largest absolute Gasteiger partial charge is 0.480 e. The van der Waals surface area contributed by atoms with Gasteiger partial charge in [0, 0.05) is 6.54 Å². The third-order valence-electron chi connectivity index (χ3n) is 4.45. The molecule has 1 unspecified atom stereocenters. The van der Waals surface area contributed by atoms with Crippen LogP contribution in [-0.4, -0.2) is 53.2 Å². The zero-order chi connectivity index (χ0) is 15.5. The van der Waals surface area contributed by atoms with E-state index in [0.29, 0.717) is 25.8 Å². The number of carboxylic acid groups (broad SMARTS) is 1. The van der Waals surface area contributed by atoms with Crippen molar-refractivity contribution in [3.63, 3.8) is 0 Å². The molecule has 1 aliphatic carbocycles. The Balaban J connectivity index is 2.10. The van der Waals surface area contributed by atoms with E-state index in [1.807, 2.05) is 0 Å². The molecule has 0 spiro atoms. The molecule has 7 nitrogen and oxygen atoms in total. The van der Waals surface area contributed by atoms with Gasteiger partial charge in [-0.05, 0) is 32.1 Å². The molecule has 21 heavy (non-hydrogen) atoms. The van der Waals surface area contributed by atoms with Crippen molar-refractivity contribution in [2.75, 3.05) is 13.7 Å². The third kappa shape index (κ3) is 3.11. The van der Waals surface area contributed by atoms with Gasteiger partial charge in [-0.2, -0.15) is 0 Å². The minimum atomic E-state index is -1.19. The second-order valence-corrected chi connectivity index (χ2v) is 5.75. The molecular formula is C14H22N2O5. The van der Waals surface area contributed by atoms with Crippen LogP contribution < -0.4 is 5.32 Å². The smallest absolute Gasteiger partial charge is 0.329 e. The van der Waals surface area contributed by atoms with Gasteiger partial charge in [0.25, 0.3) is 0 Å². The van der Waals surface area contributed by atoms with E-state index >= 15 is 0 Å². The van der Waals surface area contributed by atoms with Gasteiger partial charge in [-0.1, -0.05) is 12.8 Å². The normalized spacial score (nSPS) is 24.4. The van der Waals surface area contributed by atoms with Gasteiger partial charge in [-0.25, -0.2) is 14.4 Å². The molecule has 2 rings (SSSR count). The zero-order valence-electron chi connectivity index (χ0n) is 12.3. The lowest BCUT2D eigenvalue weighted by Gasteiger charge is -2.36. The number of carbonyl (C=O) groups excluding carboxylic acids is 2. The molecule has 7 heteroatoms. The lowest BCUT2D eigenvalue weighted by atomic mass is 9.97. The monoisotopic (exact) mass is 298 g/mol. The number of esters is 1. The SMILES string of the molecule is COC(=O)C1CCCCN1C(=O)NC1(C(=O)O)CCCC1. The number of nitrogens with zero attached hydrogens (tertiary/aromatic N) is 1. The van der Waals surface area contributed by atoms with Crippen LogP contribution >= 0.6 is 0 Å². The van der Waals surface area contributed by atoms with Gasteiger partial charge in [-0.15, -0.1) is 0 Å². The number of amides is 2. The Labute approximate surface area is 123 Å². The summed E-state index contributed by atoms with van der Waals surface area (Å²) in [5, 5.41) is 12.1. The van der Waals surface area contributed by atoms with E-state index in [0.717, 1.165) is 25.7 Å². The Kier molecular flexibility index (Phi) is 4.69. The van der Waals surface area contributed by atoms with Crippen molar-refractivity contribution < 1.29 is 24.2 Å². The molecule has 0 aromatic heterocycles. The molecule has 2 N–H and O–H groups in total. The number of carbonyl (C=O) groups is 3. The van der Waals surface area contributed by atoms with Crippen molar-refractivity contribution in [1.29, 1.82) is 0 Å². The summed E-state index contributed by atoms with van der Waals surface area (Å²) in [6.45, 7) is 0.446. The Morgan fingerprint density at radius 3 is 2.43 bits per heavy atom. The highest BCUT2D eigenvalue weighted by Gasteiger charge is 2.44. The van der Waals surface area contributed by atoms with Gasteiger partial charge in [0.1, 0.15) is 11.6 Å². The average molecular weight is 298 g/mol. The molecule has 0 radical (unpaired) electrons. The second-order valence-electron chi connectivity index (χ2n) is 5.75. The van der Waals surface area contributed by atoms with Crippen LogP contribution in [0.15, 0.2) is 0 Å². The van der Waals surface area contributed by atoms with E-state index in [1.165, 1.54) is 12.0 Å². The van der Waals surface area contributed by atoms with Crippen LogP contribution in [-0.2, 0) is 14.3 Å². The van der Waals surface area contributed by atoms with E-state index in [2.05, 4.69) is 5.32 Å². The standard InChI is InChI=1S/C14H22N2O5/c1-21-11(17)10-6-2-5-9-16(10)13(20)15-14(12(18)19)7-3-4-8-14/h10H,2-9H2,1H3,(H,15,20)(H,18,19). The van der Waals surface area contributed by atoms with E-state index in [-0.39, 0.29) is 0 Å². The third-order valence-corrected chi connectivity index (χ3v) is 4.45. The number of carboxylic acids is 1. The first-order valence-electron chi connectivity index (χ1n) is 7.40. The number of piperidine rings is 1. The molecular weight excluding hydrogens is 276 g/mol.